The van der Waals surface area contributed by atoms with E-state index in [1.807, 2.05) is 0 Å². The molecule has 0 heterocycles. The van der Waals surface area contributed by atoms with Gasteiger partial charge in [-0.1, -0.05) is 0 Å². The molecule has 3 heteroatoms. The van der Waals surface area contributed by atoms with Crippen molar-refractivity contribution in [2.24, 2.45) is 5.84 Å². The second-order valence-electron chi connectivity index (χ2n) is 1.35. The third-order valence-corrected chi connectivity index (χ3v) is 0.759. The van der Waals surface area contributed by atoms with Crippen LogP contribution < -0.4 is 11.3 Å². The van der Waals surface area contributed by atoms with Gasteiger partial charge in [0.15, 0.2) is 0 Å². The van der Waals surface area contributed by atoms with Crippen LogP contribution in [0.5, 0.6) is 0 Å². The van der Waals surface area contributed by atoms with E-state index < -0.39 is 0 Å². The van der Waals surface area contributed by atoms with Crippen LogP contribution in [0.4, 0.5) is 0 Å². The highest BCUT2D eigenvalue weighted by Crippen LogP contribution is 1.89. The summed E-state index contributed by atoms with van der Waals surface area (Å²) in [6.07, 6.45) is 0. The first-order valence-corrected chi connectivity index (χ1v) is 2.01. The summed E-state index contributed by atoms with van der Waals surface area (Å²) in [6.45, 7) is 3.25. The van der Waals surface area contributed by atoms with Gasteiger partial charge >= 0.3 is 0 Å². The number of aliphatic hydroxyl groups is 1. The van der Waals surface area contributed by atoms with Gasteiger partial charge in [-0.25, -0.2) is 0 Å². The van der Waals surface area contributed by atoms with Crippen molar-refractivity contribution < 1.29 is 5.11 Å². The van der Waals surface area contributed by atoms with Crippen molar-refractivity contribution in [2.45, 2.75) is 13.8 Å². The third-order valence-electron chi connectivity index (χ3n) is 0.759. The van der Waals surface area contributed by atoms with E-state index in [1.54, 1.807) is 13.8 Å². The van der Waals surface area contributed by atoms with Crippen molar-refractivity contribution in [1.29, 1.82) is 0 Å². The molecule has 0 aromatic heterocycles. The lowest BCUT2D eigenvalue weighted by molar-refractivity contribution is 0.401. The molecule has 0 rings (SSSR count). The van der Waals surface area contributed by atoms with Gasteiger partial charge in [0.25, 0.3) is 0 Å². The number of hydrogen-bond acceptors (Lipinski definition) is 3. The second-order valence-corrected chi connectivity index (χ2v) is 1.35. The zero-order valence-electron chi connectivity index (χ0n) is 4.52. The molecule has 0 amide bonds. The maximum atomic E-state index is 8.56. The fourth-order valence-corrected chi connectivity index (χ4v) is 0.104. The highest BCUT2D eigenvalue weighted by Gasteiger charge is 1.84. The minimum atomic E-state index is 0.225. The van der Waals surface area contributed by atoms with Gasteiger partial charge in [0, 0.05) is 0 Å². The molecule has 3 nitrogen and oxygen atoms in total. The molecule has 0 aliphatic carbocycles. The lowest BCUT2D eigenvalue weighted by Gasteiger charge is -1.97. The van der Waals surface area contributed by atoms with E-state index in [0.29, 0.717) is 5.70 Å². The van der Waals surface area contributed by atoms with Gasteiger partial charge in [-0.05, 0) is 13.8 Å². The van der Waals surface area contributed by atoms with E-state index in [2.05, 4.69) is 5.43 Å². The van der Waals surface area contributed by atoms with Crippen molar-refractivity contribution in [3.05, 3.63) is 11.5 Å². The van der Waals surface area contributed by atoms with Crippen molar-refractivity contribution in [3.8, 4) is 0 Å². The number of rotatable bonds is 1. The molecular formula is C4H10N2O. The standard InChI is InChI=1S/C4H10N2O/c1-3(6-5)4(2)7/h6-7H,5H2,1-2H3/b4-3-. The monoisotopic (exact) mass is 102 g/mol. The van der Waals surface area contributed by atoms with E-state index >= 15 is 0 Å². The lowest BCUT2D eigenvalue weighted by atomic mass is 10.4. The van der Waals surface area contributed by atoms with Crippen LogP contribution in [0.3, 0.4) is 0 Å². The Hall–Kier alpha value is -0.700. The molecule has 4 N–H and O–H groups in total. The Bertz CT molecular complexity index is 83.7. The van der Waals surface area contributed by atoms with Crippen LogP contribution in [0.2, 0.25) is 0 Å². The number of aliphatic hydroxyl groups excluding tert-OH is 1. The highest BCUT2D eigenvalue weighted by molar-refractivity contribution is 4.96. The molecule has 0 aliphatic heterocycles. The summed E-state index contributed by atoms with van der Waals surface area (Å²) in [6, 6.07) is 0. The minimum Gasteiger partial charge on any atom is -0.511 e. The van der Waals surface area contributed by atoms with Crippen LogP contribution >= 0.6 is 0 Å². The number of hydrazine groups is 1. The zero-order valence-corrected chi connectivity index (χ0v) is 4.52. The maximum Gasteiger partial charge on any atom is 0.109 e. The van der Waals surface area contributed by atoms with E-state index in [0.717, 1.165) is 0 Å². The molecule has 0 unspecified atom stereocenters. The fraction of sp³-hybridized carbons (Fsp3) is 0.500. The van der Waals surface area contributed by atoms with E-state index in [9.17, 15) is 0 Å². The maximum absolute atomic E-state index is 8.56. The van der Waals surface area contributed by atoms with Crippen LogP contribution in [0.25, 0.3) is 0 Å². The number of nitrogens with two attached hydrogens (primary N) is 1. The summed E-state index contributed by atoms with van der Waals surface area (Å²) < 4.78 is 0. The molecule has 0 spiro atoms. The van der Waals surface area contributed by atoms with Gasteiger partial charge in [0.1, 0.15) is 5.76 Å². The Morgan fingerprint density at radius 1 is 1.57 bits per heavy atom. The molecule has 0 fully saturated rings. The van der Waals surface area contributed by atoms with Gasteiger partial charge in [-0.2, -0.15) is 0 Å². The predicted molar refractivity (Wildman–Crippen MR) is 28.3 cm³/mol. The van der Waals surface area contributed by atoms with Crippen LogP contribution in [0.1, 0.15) is 13.8 Å². The van der Waals surface area contributed by atoms with Gasteiger partial charge in [-0.15, -0.1) is 0 Å². The molecule has 42 valence electrons. The van der Waals surface area contributed by atoms with Crippen LogP contribution in [-0.2, 0) is 0 Å². The average Bonchev–Trinajstić information content (AvgIpc) is 1.65. The van der Waals surface area contributed by atoms with Crippen molar-refractivity contribution >= 4 is 0 Å². The van der Waals surface area contributed by atoms with Crippen molar-refractivity contribution in [1.82, 2.24) is 5.43 Å². The van der Waals surface area contributed by atoms with Gasteiger partial charge in [-0.3, -0.25) is 5.84 Å². The minimum absolute atomic E-state index is 0.225. The van der Waals surface area contributed by atoms with E-state index in [1.165, 1.54) is 0 Å². The molecule has 0 saturated carbocycles. The summed E-state index contributed by atoms with van der Waals surface area (Å²) in [4.78, 5) is 0. The average molecular weight is 102 g/mol. The Morgan fingerprint density at radius 2 is 2.00 bits per heavy atom. The Labute approximate surface area is 42.8 Å². The van der Waals surface area contributed by atoms with Crippen molar-refractivity contribution in [3.63, 3.8) is 0 Å². The Morgan fingerprint density at radius 3 is 2.00 bits per heavy atom. The summed E-state index contributed by atoms with van der Waals surface area (Å²) in [5, 5.41) is 8.56. The SMILES string of the molecule is C/C(O)=C(\C)NN. The first-order chi connectivity index (χ1) is 3.18. The van der Waals surface area contributed by atoms with Gasteiger partial charge < -0.3 is 10.5 Å². The smallest absolute Gasteiger partial charge is 0.109 e. The van der Waals surface area contributed by atoms with Crippen LogP contribution in [0, 0.1) is 0 Å². The van der Waals surface area contributed by atoms with Crippen LogP contribution in [0.15, 0.2) is 11.5 Å². The summed E-state index contributed by atoms with van der Waals surface area (Å²) >= 11 is 0. The summed E-state index contributed by atoms with van der Waals surface area (Å²) in [5.74, 6) is 5.13. The fourth-order valence-electron chi connectivity index (χ4n) is 0.104. The number of allylic oxidation sites excluding steroid dienone is 2. The quantitative estimate of drug-likeness (QED) is 0.253. The topological polar surface area (TPSA) is 58.3 Å². The molecule has 0 atom stereocenters. The number of hydrogen-bond donors (Lipinski definition) is 3. The molecule has 7 heavy (non-hydrogen) atoms. The van der Waals surface area contributed by atoms with Crippen LogP contribution in [-0.4, -0.2) is 5.11 Å². The molecule has 0 aromatic carbocycles. The molecule has 0 bridgehead atoms. The lowest BCUT2D eigenvalue weighted by Crippen LogP contribution is -2.20. The molecule has 0 aromatic rings. The zero-order chi connectivity index (χ0) is 5.86. The van der Waals surface area contributed by atoms with Crippen molar-refractivity contribution in [2.75, 3.05) is 0 Å². The largest absolute Gasteiger partial charge is 0.511 e. The molecule has 0 radical (unpaired) electrons. The summed E-state index contributed by atoms with van der Waals surface area (Å²) in [5.41, 5.74) is 2.89. The van der Waals surface area contributed by atoms with E-state index in [-0.39, 0.29) is 5.76 Å². The van der Waals surface area contributed by atoms with Gasteiger partial charge in [0.05, 0.1) is 5.70 Å². The molecule has 0 saturated heterocycles. The third kappa shape index (κ3) is 2.05. The predicted octanol–water partition coefficient (Wildman–Crippen LogP) is 0.259. The second kappa shape index (κ2) is 2.47. The number of nitrogens with one attached hydrogen (secondary N) is 1. The first kappa shape index (κ1) is 6.30. The molecule has 0 aliphatic rings. The summed E-state index contributed by atoms with van der Waals surface area (Å²) in [7, 11) is 0. The molecular weight excluding hydrogens is 92.1 g/mol. The normalized spacial score (nSPS) is 13.0. The Balaban J connectivity index is 3.72. The van der Waals surface area contributed by atoms with Gasteiger partial charge in [0.2, 0.25) is 0 Å². The first-order valence-electron chi connectivity index (χ1n) is 2.01. The Kier molecular flexibility index (Phi) is 2.22. The highest BCUT2D eigenvalue weighted by atomic mass is 16.3. The van der Waals surface area contributed by atoms with E-state index in [4.69, 9.17) is 10.9 Å².